The fourth-order valence-corrected chi connectivity index (χ4v) is 4.05. The summed E-state index contributed by atoms with van der Waals surface area (Å²) in [5.41, 5.74) is 5.51. The Morgan fingerprint density at radius 1 is 0.900 bits per heavy atom. The molecule has 3 aromatic carbocycles. The molecule has 0 bridgehead atoms. The Bertz CT molecular complexity index is 1150. The van der Waals surface area contributed by atoms with Crippen molar-refractivity contribution in [3.05, 3.63) is 89.2 Å². The van der Waals surface area contributed by atoms with E-state index in [0.717, 1.165) is 27.9 Å². The van der Waals surface area contributed by atoms with E-state index in [2.05, 4.69) is 42.2 Å². The van der Waals surface area contributed by atoms with Crippen molar-refractivity contribution >= 4 is 11.8 Å². The van der Waals surface area contributed by atoms with Gasteiger partial charge in [-0.05, 0) is 79.1 Å². The summed E-state index contributed by atoms with van der Waals surface area (Å²) in [7, 11) is 1.64. The molecule has 0 radical (unpaired) electrons. The number of halogens is 1. The van der Waals surface area contributed by atoms with E-state index in [0.29, 0.717) is 5.82 Å². The summed E-state index contributed by atoms with van der Waals surface area (Å²) in [6.45, 7) is 4.23. The van der Waals surface area contributed by atoms with Crippen LogP contribution < -0.4 is 4.74 Å². The molecule has 0 aliphatic heterocycles. The van der Waals surface area contributed by atoms with Crippen LogP contribution in [0.1, 0.15) is 16.7 Å². The predicted molar refractivity (Wildman–Crippen MR) is 119 cm³/mol. The third-order valence-electron chi connectivity index (χ3n) is 5.01. The molecule has 6 heteroatoms. The van der Waals surface area contributed by atoms with Crippen LogP contribution in [0.5, 0.6) is 5.75 Å². The second-order valence-corrected chi connectivity index (χ2v) is 8.00. The lowest BCUT2D eigenvalue weighted by Crippen LogP contribution is -2.00. The fourth-order valence-electron chi connectivity index (χ4n) is 3.15. The minimum Gasteiger partial charge on any atom is -0.497 e. The molecule has 4 nitrogen and oxygen atoms in total. The molecular formula is C24H22FN3OS. The van der Waals surface area contributed by atoms with Gasteiger partial charge < -0.3 is 4.74 Å². The molecule has 0 aliphatic carbocycles. The molecule has 0 amide bonds. The summed E-state index contributed by atoms with van der Waals surface area (Å²) < 4.78 is 20.7. The van der Waals surface area contributed by atoms with Gasteiger partial charge in [-0.25, -0.2) is 4.39 Å². The average molecular weight is 420 g/mol. The largest absolute Gasteiger partial charge is 0.497 e. The van der Waals surface area contributed by atoms with E-state index in [1.54, 1.807) is 31.0 Å². The molecule has 152 valence electrons. The van der Waals surface area contributed by atoms with Crippen molar-refractivity contribution in [1.82, 2.24) is 14.8 Å². The molecule has 0 fully saturated rings. The Labute approximate surface area is 179 Å². The highest BCUT2D eigenvalue weighted by Gasteiger charge is 2.16. The lowest BCUT2D eigenvalue weighted by atomic mass is 10.1. The van der Waals surface area contributed by atoms with Crippen molar-refractivity contribution in [3.8, 4) is 22.8 Å². The molecule has 30 heavy (non-hydrogen) atoms. The van der Waals surface area contributed by atoms with Crippen LogP contribution >= 0.6 is 11.8 Å². The SMILES string of the molecule is COc1ccc(-n2c(SCc3ccc(C)c(C)c3)nnc2-c2ccc(F)cc2)cc1. The Morgan fingerprint density at radius 3 is 2.30 bits per heavy atom. The van der Waals surface area contributed by atoms with E-state index in [4.69, 9.17) is 4.74 Å². The van der Waals surface area contributed by atoms with Gasteiger partial charge >= 0.3 is 0 Å². The highest BCUT2D eigenvalue weighted by molar-refractivity contribution is 7.98. The molecule has 4 rings (SSSR count). The van der Waals surface area contributed by atoms with Gasteiger partial charge in [0.25, 0.3) is 0 Å². The first kappa shape index (κ1) is 20.2. The molecule has 0 saturated carbocycles. The van der Waals surface area contributed by atoms with Gasteiger partial charge in [-0.3, -0.25) is 4.57 Å². The predicted octanol–water partition coefficient (Wildman–Crippen LogP) is 5.99. The summed E-state index contributed by atoms with van der Waals surface area (Å²) in [6, 6.07) is 20.5. The quantitative estimate of drug-likeness (QED) is 0.360. The molecule has 1 heterocycles. The number of methoxy groups -OCH3 is 1. The number of ether oxygens (including phenoxy) is 1. The maximum atomic E-state index is 13.4. The lowest BCUT2D eigenvalue weighted by molar-refractivity contribution is 0.414. The summed E-state index contributed by atoms with van der Waals surface area (Å²) in [6.07, 6.45) is 0. The standard InChI is InChI=1S/C24H22FN3OS/c1-16-4-5-18(14-17(16)2)15-30-24-27-26-23(19-6-8-20(25)9-7-19)28(24)21-10-12-22(29-3)13-11-21/h4-14H,15H2,1-3H3. The third-order valence-corrected chi connectivity index (χ3v) is 6.01. The number of thioether (sulfide) groups is 1. The van der Waals surface area contributed by atoms with Gasteiger partial charge in [0.05, 0.1) is 7.11 Å². The Balaban J connectivity index is 1.71. The highest BCUT2D eigenvalue weighted by atomic mass is 32.2. The van der Waals surface area contributed by atoms with Crippen LogP contribution in [-0.2, 0) is 5.75 Å². The first-order valence-electron chi connectivity index (χ1n) is 9.60. The van der Waals surface area contributed by atoms with Gasteiger partial charge in [0.15, 0.2) is 11.0 Å². The van der Waals surface area contributed by atoms with Crippen LogP contribution in [0.2, 0.25) is 0 Å². The van der Waals surface area contributed by atoms with Gasteiger partial charge in [-0.1, -0.05) is 30.0 Å². The Morgan fingerprint density at radius 2 is 1.63 bits per heavy atom. The molecule has 0 spiro atoms. The van der Waals surface area contributed by atoms with Crippen LogP contribution in [0.15, 0.2) is 71.9 Å². The van der Waals surface area contributed by atoms with E-state index in [1.807, 2.05) is 28.8 Å². The molecule has 0 N–H and O–H groups in total. The van der Waals surface area contributed by atoms with Crippen LogP contribution in [0, 0.1) is 19.7 Å². The average Bonchev–Trinajstić information content (AvgIpc) is 3.19. The second kappa shape index (κ2) is 8.71. The molecule has 0 unspecified atom stereocenters. The van der Waals surface area contributed by atoms with E-state index >= 15 is 0 Å². The van der Waals surface area contributed by atoms with Gasteiger partial charge in [0, 0.05) is 17.0 Å². The van der Waals surface area contributed by atoms with Gasteiger partial charge in [0.2, 0.25) is 0 Å². The number of aryl methyl sites for hydroxylation is 2. The number of rotatable bonds is 6. The summed E-state index contributed by atoms with van der Waals surface area (Å²) >= 11 is 1.62. The van der Waals surface area contributed by atoms with Gasteiger partial charge in [-0.15, -0.1) is 10.2 Å². The first-order valence-corrected chi connectivity index (χ1v) is 10.6. The zero-order valence-corrected chi connectivity index (χ0v) is 17.9. The van der Waals surface area contributed by atoms with Crippen LogP contribution in [0.3, 0.4) is 0 Å². The van der Waals surface area contributed by atoms with Gasteiger partial charge in [0.1, 0.15) is 11.6 Å². The minimum absolute atomic E-state index is 0.279. The Kier molecular flexibility index (Phi) is 5.86. The van der Waals surface area contributed by atoms with Crippen molar-refractivity contribution in [1.29, 1.82) is 0 Å². The molecular weight excluding hydrogens is 397 g/mol. The van der Waals surface area contributed by atoms with Crippen LogP contribution in [0.4, 0.5) is 4.39 Å². The molecule has 0 aliphatic rings. The molecule has 0 saturated heterocycles. The molecule has 0 atom stereocenters. The summed E-state index contributed by atoms with van der Waals surface area (Å²) in [5.74, 6) is 1.94. The zero-order chi connectivity index (χ0) is 21.1. The highest BCUT2D eigenvalue weighted by Crippen LogP contribution is 2.31. The van der Waals surface area contributed by atoms with Crippen molar-refractivity contribution in [2.45, 2.75) is 24.8 Å². The normalized spacial score (nSPS) is 10.9. The Hall–Kier alpha value is -3.12. The van der Waals surface area contributed by atoms with E-state index in [-0.39, 0.29) is 5.82 Å². The van der Waals surface area contributed by atoms with Crippen molar-refractivity contribution in [2.24, 2.45) is 0 Å². The van der Waals surface area contributed by atoms with Crippen molar-refractivity contribution in [2.75, 3.05) is 7.11 Å². The fraction of sp³-hybridized carbons (Fsp3) is 0.167. The smallest absolute Gasteiger partial charge is 0.196 e. The minimum atomic E-state index is -0.279. The number of aromatic nitrogens is 3. The van der Waals surface area contributed by atoms with E-state index in [9.17, 15) is 4.39 Å². The van der Waals surface area contributed by atoms with Crippen molar-refractivity contribution < 1.29 is 9.13 Å². The number of hydrogen-bond donors (Lipinski definition) is 0. The van der Waals surface area contributed by atoms with Crippen LogP contribution in [-0.4, -0.2) is 21.9 Å². The summed E-state index contributed by atoms with van der Waals surface area (Å²) in [5, 5.41) is 9.63. The monoisotopic (exact) mass is 419 g/mol. The maximum absolute atomic E-state index is 13.4. The lowest BCUT2D eigenvalue weighted by Gasteiger charge is -2.11. The maximum Gasteiger partial charge on any atom is 0.196 e. The number of benzene rings is 3. The zero-order valence-electron chi connectivity index (χ0n) is 17.1. The van der Waals surface area contributed by atoms with Crippen LogP contribution in [0.25, 0.3) is 17.1 Å². The molecule has 1 aromatic heterocycles. The first-order chi connectivity index (χ1) is 14.5. The number of hydrogen-bond acceptors (Lipinski definition) is 4. The second-order valence-electron chi connectivity index (χ2n) is 7.05. The topological polar surface area (TPSA) is 39.9 Å². The van der Waals surface area contributed by atoms with E-state index < -0.39 is 0 Å². The van der Waals surface area contributed by atoms with E-state index in [1.165, 1.54) is 28.8 Å². The third kappa shape index (κ3) is 4.24. The van der Waals surface area contributed by atoms with Crippen molar-refractivity contribution in [3.63, 3.8) is 0 Å². The number of nitrogens with zero attached hydrogens (tertiary/aromatic N) is 3. The summed E-state index contributed by atoms with van der Waals surface area (Å²) in [4.78, 5) is 0. The molecule has 4 aromatic rings. The van der Waals surface area contributed by atoms with Gasteiger partial charge in [-0.2, -0.15) is 0 Å².